The fraction of sp³-hybridized carbons (Fsp3) is 0.750. The van der Waals surface area contributed by atoms with Gasteiger partial charge in [0.1, 0.15) is 0 Å². The molecule has 2 heteroatoms. The van der Waals surface area contributed by atoms with Gasteiger partial charge in [-0.15, -0.1) is 0 Å². The Morgan fingerprint density at radius 2 is 2.40 bits per heavy atom. The molecule has 0 aromatic heterocycles. The van der Waals surface area contributed by atoms with E-state index in [1.165, 1.54) is 0 Å². The molecule has 0 aromatic rings. The zero-order chi connectivity index (χ0) is 7.61. The summed E-state index contributed by atoms with van der Waals surface area (Å²) in [6.07, 6.45) is 2.83. The zero-order valence-electron chi connectivity index (χ0n) is 6.81. The molecule has 1 aliphatic heterocycles. The van der Waals surface area contributed by atoms with E-state index >= 15 is 0 Å². The van der Waals surface area contributed by atoms with Crippen molar-refractivity contribution in [3.05, 3.63) is 11.8 Å². The van der Waals surface area contributed by atoms with Gasteiger partial charge in [-0.3, -0.25) is 0 Å². The molecule has 0 saturated heterocycles. The summed E-state index contributed by atoms with van der Waals surface area (Å²) in [5.41, 5.74) is 0. The minimum Gasteiger partial charge on any atom is -0.468 e. The maximum absolute atomic E-state index is 5.46. The monoisotopic (exact) mass is 142 g/mol. The van der Waals surface area contributed by atoms with E-state index in [4.69, 9.17) is 9.47 Å². The predicted molar refractivity (Wildman–Crippen MR) is 39.5 cm³/mol. The summed E-state index contributed by atoms with van der Waals surface area (Å²) in [4.78, 5) is 0. The van der Waals surface area contributed by atoms with Crippen LogP contribution in [0.25, 0.3) is 0 Å². The molecular weight excluding hydrogens is 128 g/mol. The van der Waals surface area contributed by atoms with Crippen LogP contribution < -0.4 is 0 Å². The van der Waals surface area contributed by atoms with E-state index in [0.29, 0.717) is 6.61 Å². The van der Waals surface area contributed by atoms with Crippen molar-refractivity contribution in [2.45, 2.75) is 33.0 Å². The molecule has 0 saturated carbocycles. The van der Waals surface area contributed by atoms with Crippen LogP contribution in [0.2, 0.25) is 0 Å². The number of allylic oxidation sites excluding steroid dienone is 1. The van der Waals surface area contributed by atoms with Crippen LogP contribution in [0.15, 0.2) is 11.8 Å². The van der Waals surface area contributed by atoms with Crippen LogP contribution in [0.4, 0.5) is 0 Å². The van der Waals surface area contributed by atoms with Crippen LogP contribution in [0.5, 0.6) is 0 Å². The van der Waals surface area contributed by atoms with E-state index in [1.807, 2.05) is 19.9 Å². The van der Waals surface area contributed by atoms with Crippen molar-refractivity contribution >= 4 is 0 Å². The molecular formula is C8H14O2. The lowest BCUT2D eigenvalue weighted by Gasteiger charge is -2.32. The van der Waals surface area contributed by atoms with E-state index in [-0.39, 0.29) is 5.79 Å². The van der Waals surface area contributed by atoms with Crippen LogP contribution >= 0.6 is 0 Å². The fourth-order valence-corrected chi connectivity index (χ4v) is 0.921. The Balaban J connectivity index is 2.60. The third-order valence-electron chi connectivity index (χ3n) is 1.78. The Kier molecular flexibility index (Phi) is 2.00. The van der Waals surface area contributed by atoms with Crippen molar-refractivity contribution in [2.75, 3.05) is 6.61 Å². The molecule has 0 radical (unpaired) electrons. The van der Waals surface area contributed by atoms with Gasteiger partial charge in [-0.05, 0) is 13.0 Å². The van der Waals surface area contributed by atoms with Crippen LogP contribution in [0.1, 0.15) is 27.2 Å². The Morgan fingerprint density at radius 1 is 1.70 bits per heavy atom. The Bertz CT molecular complexity index is 151. The average molecular weight is 142 g/mol. The molecule has 0 spiro atoms. The van der Waals surface area contributed by atoms with E-state index in [0.717, 1.165) is 12.2 Å². The molecule has 0 amide bonds. The summed E-state index contributed by atoms with van der Waals surface area (Å²) in [6, 6.07) is 0. The standard InChI is InChI=1S/C8H14O2/c1-4-8(3)9-6-5-7(2)10-8/h5H,4,6H2,1-3H3. The second-order valence-corrected chi connectivity index (χ2v) is 2.72. The van der Waals surface area contributed by atoms with E-state index in [9.17, 15) is 0 Å². The van der Waals surface area contributed by atoms with Gasteiger partial charge in [-0.1, -0.05) is 6.92 Å². The average Bonchev–Trinajstić information content (AvgIpc) is 1.88. The third-order valence-corrected chi connectivity index (χ3v) is 1.78. The van der Waals surface area contributed by atoms with Gasteiger partial charge in [0.05, 0.1) is 12.4 Å². The van der Waals surface area contributed by atoms with Crippen LogP contribution in [-0.4, -0.2) is 12.4 Å². The summed E-state index contributed by atoms with van der Waals surface area (Å²) in [6.45, 7) is 6.65. The molecule has 1 unspecified atom stereocenters. The van der Waals surface area contributed by atoms with Gasteiger partial charge in [-0.2, -0.15) is 0 Å². The van der Waals surface area contributed by atoms with E-state index < -0.39 is 0 Å². The molecule has 0 bridgehead atoms. The van der Waals surface area contributed by atoms with Crippen LogP contribution in [0.3, 0.4) is 0 Å². The molecule has 0 N–H and O–H groups in total. The lowest BCUT2D eigenvalue weighted by molar-refractivity contribution is -0.210. The van der Waals surface area contributed by atoms with Crippen LogP contribution in [-0.2, 0) is 9.47 Å². The fourth-order valence-electron chi connectivity index (χ4n) is 0.921. The second-order valence-electron chi connectivity index (χ2n) is 2.72. The quantitative estimate of drug-likeness (QED) is 0.558. The summed E-state index contributed by atoms with van der Waals surface area (Å²) in [5.74, 6) is 0.592. The van der Waals surface area contributed by atoms with Crippen molar-refractivity contribution in [1.29, 1.82) is 0 Å². The number of ether oxygens (including phenoxy) is 2. The molecule has 0 aromatic carbocycles. The summed E-state index contributed by atoms with van der Waals surface area (Å²) in [5, 5.41) is 0. The summed E-state index contributed by atoms with van der Waals surface area (Å²) in [7, 11) is 0. The highest BCUT2D eigenvalue weighted by atomic mass is 16.7. The van der Waals surface area contributed by atoms with Gasteiger partial charge in [0, 0.05) is 13.3 Å². The van der Waals surface area contributed by atoms with Gasteiger partial charge >= 0.3 is 0 Å². The van der Waals surface area contributed by atoms with Gasteiger partial charge in [0.25, 0.3) is 0 Å². The lowest BCUT2D eigenvalue weighted by Crippen LogP contribution is -2.33. The number of hydrogen-bond donors (Lipinski definition) is 0. The molecule has 58 valence electrons. The number of rotatable bonds is 1. The van der Waals surface area contributed by atoms with Gasteiger partial charge < -0.3 is 9.47 Å². The first-order valence-electron chi connectivity index (χ1n) is 3.66. The maximum atomic E-state index is 5.46. The van der Waals surface area contributed by atoms with Crippen molar-refractivity contribution in [2.24, 2.45) is 0 Å². The van der Waals surface area contributed by atoms with Crippen molar-refractivity contribution in [3.8, 4) is 0 Å². The highest BCUT2D eigenvalue weighted by Crippen LogP contribution is 2.24. The van der Waals surface area contributed by atoms with E-state index in [2.05, 4.69) is 6.92 Å². The van der Waals surface area contributed by atoms with Crippen molar-refractivity contribution in [3.63, 3.8) is 0 Å². The molecule has 2 nitrogen and oxygen atoms in total. The second kappa shape index (κ2) is 2.62. The molecule has 10 heavy (non-hydrogen) atoms. The molecule has 1 heterocycles. The smallest absolute Gasteiger partial charge is 0.207 e. The Labute approximate surface area is 61.8 Å². The third kappa shape index (κ3) is 1.51. The molecule has 1 atom stereocenters. The zero-order valence-corrected chi connectivity index (χ0v) is 6.81. The predicted octanol–water partition coefficient (Wildman–Crippen LogP) is 2.06. The van der Waals surface area contributed by atoms with Gasteiger partial charge in [0.2, 0.25) is 5.79 Å². The lowest BCUT2D eigenvalue weighted by atomic mass is 10.2. The minimum atomic E-state index is -0.376. The first kappa shape index (κ1) is 7.61. The van der Waals surface area contributed by atoms with Crippen molar-refractivity contribution < 1.29 is 9.47 Å². The Hall–Kier alpha value is -0.500. The minimum absolute atomic E-state index is 0.376. The number of hydrogen-bond acceptors (Lipinski definition) is 2. The normalized spacial score (nSPS) is 32.9. The first-order chi connectivity index (χ1) is 4.66. The summed E-state index contributed by atoms with van der Waals surface area (Å²) >= 11 is 0. The summed E-state index contributed by atoms with van der Waals surface area (Å²) < 4.78 is 10.8. The van der Waals surface area contributed by atoms with Crippen molar-refractivity contribution in [1.82, 2.24) is 0 Å². The highest BCUT2D eigenvalue weighted by molar-refractivity contribution is 4.94. The SMILES string of the molecule is CCC1(C)OCC=C(C)O1. The van der Waals surface area contributed by atoms with Gasteiger partial charge in [-0.25, -0.2) is 0 Å². The molecule has 0 fully saturated rings. The topological polar surface area (TPSA) is 18.5 Å². The Morgan fingerprint density at radius 3 is 2.80 bits per heavy atom. The maximum Gasteiger partial charge on any atom is 0.207 e. The first-order valence-corrected chi connectivity index (χ1v) is 3.66. The molecule has 1 rings (SSSR count). The largest absolute Gasteiger partial charge is 0.468 e. The van der Waals surface area contributed by atoms with E-state index in [1.54, 1.807) is 0 Å². The highest BCUT2D eigenvalue weighted by Gasteiger charge is 2.26. The molecule has 1 aliphatic rings. The molecule has 0 aliphatic carbocycles. The van der Waals surface area contributed by atoms with Crippen LogP contribution in [0, 0.1) is 0 Å². The van der Waals surface area contributed by atoms with Gasteiger partial charge in [0.15, 0.2) is 0 Å².